The molecule has 0 aliphatic carbocycles. The van der Waals surface area contributed by atoms with Gasteiger partial charge in [-0.3, -0.25) is 4.79 Å². The van der Waals surface area contributed by atoms with Gasteiger partial charge in [-0.25, -0.2) is 4.98 Å². The molecule has 0 atom stereocenters. The van der Waals surface area contributed by atoms with E-state index in [2.05, 4.69) is 20.3 Å². The summed E-state index contributed by atoms with van der Waals surface area (Å²) in [6, 6.07) is 3.03. The molecule has 0 unspecified atom stereocenters. The Morgan fingerprint density at radius 1 is 1.23 bits per heavy atom. The highest BCUT2D eigenvalue weighted by molar-refractivity contribution is 5.72. The first-order valence-electron chi connectivity index (χ1n) is 9.36. The van der Waals surface area contributed by atoms with Crippen molar-refractivity contribution in [2.24, 2.45) is 5.92 Å². The summed E-state index contributed by atoms with van der Waals surface area (Å²) in [6.45, 7) is 4.48. The van der Waals surface area contributed by atoms with Crippen LogP contribution in [0.3, 0.4) is 0 Å². The van der Waals surface area contributed by atoms with Crippen molar-refractivity contribution in [1.29, 1.82) is 0 Å². The number of carbonyl (C=O) groups excluding carboxylic acids is 1. The van der Waals surface area contributed by atoms with Gasteiger partial charge in [0.15, 0.2) is 12.3 Å². The first kappa shape index (κ1) is 20.1. The lowest BCUT2D eigenvalue weighted by atomic mass is 9.97. The van der Waals surface area contributed by atoms with Gasteiger partial charge in [0.05, 0.1) is 11.6 Å². The number of piperidine rings is 1. The van der Waals surface area contributed by atoms with E-state index in [-0.39, 0.29) is 24.1 Å². The maximum absolute atomic E-state index is 13.0. The second kappa shape index (κ2) is 7.58. The molecule has 4 rings (SSSR count). The van der Waals surface area contributed by atoms with Gasteiger partial charge in [-0.15, -0.1) is 15.3 Å². The second-order valence-corrected chi connectivity index (χ2v) is 7.10. The lowest BCUT2D eigenvalue weighted by molar-refractivity contribution is -0.151. The third-order valence-electron chi connectivity index (χ3n) is 5.07. The fourth-order valence-electron chi connectivity index (χ4n) is 3.32. The summed E-state index contributed by atoms with van der Waals surface area (Å²) >= 11 is 0. The van der Waals surface area contributed by atoms with E-state index in [0.717, 1.165) is 5.69 Å². The lowest BCUT2D eigenvalue weighted by Gasteiger charge is -2.31. The summed E-state index contributed by atoms with van der Waals surface area (Å²) in [5, 5.41) is 10.7. The fraction of sp³-hybridized carbons (Fsp3) is 0.500. The van der Waals surface area contributed by atoms with Crippen molar-refractivity contribution in [1.82, 2.24) is 24.8 Å². The monoisotopic (exact) mass is 424 g/mol. The van der Waals surface area contributed by atoms with Crippen molar-refractivity contribution in [2.45, 2.75) is 39.5 Å². The average molecular weight is 424 g/mol. The fourth-order valence-corrected chi connectivity index (χ4v) is 3.32. The van der Waals surface area contributed by atoms with E-state index in [4.69, 9.17) is 9.15 Å². The zero-order valence-corrected chi connectivity index (χ0v) is 16.3. The van der Waals surface area contributed by atoms with Crippen molar-refractivity contribution >= 4 is 17.4 Å². The predicted molar refractivity (Wildman–Crippen MR) is 96.5 cm³/mol. The van der Waals surface area contributed by atoms with E-state index in [1.54, 1.807) is 13.0 Å². The number of anilines is 1. The molecule has 0 spiro atoms. The van der Waals surface area contributed by atoms with Crippen LogP contribution in [0.5, 0.6) is 0 Å². The van der Waals surface area contributed by atoms with Crippen LogP contribution < -0.4 is 4.90 Å². The van der Waals surface area contributed by atoms with Crippen molar-refractivity contribution in [3.05, 3.63) is 35.3 Å². The molecular weight excluding hydrogens is 405 g/mol. The Hall–Kier alpha value is -3.18. The number of halogens is 3. The van der Waals surface area contributed by atoms with E-state index in [0.29, 0.717) is 47.9 Å². The largest absolute Gasteiger partial charge is 0.455 e. The van der Waals surface area contributed by atoms with Crippen LogP contribution in [-0.4, -0.2) is 43.9 Å². The number of alkyl halides is 3. The summed E-state index contributed by atoms with van der Waals surface area (Å²) in [7, 11) is 0. The molecule has 160 valence electrons. The van der Waals surface area contributed by atoms with E-state index in [1.165, 1.54) is 6.07 Å². The van der Waals surface area contributed by atoms with E-state index in [9.17, 15) is 18.0 Å². The van der Waals surface area contributed by atoms with Gasteiger partial charge >= 0.3 is 12.1 Å². The molecule has 3 aromatic heterocycles. The van der Waals surface area contributed by atoms with Crippen LogP contribution in [0.15, 0.2) is 16.5 Å². The van der Waals surface area contributed by atoms with Crippen molar-refractivity contribution < 1.29 is 27.1 Å². The zero-order chi connectivity index (χ0) is 21.5. The SMILES string of the molecule is Cc1nc(COC(=O)C2CCN(c3ccc4nnc(C(F)(F)F)n4n3)CC2)oc1C. The first-order chi connectivity index (χ1) is 14.2. The van der Waals surface area contributed by atoms with Gasteiger partial charge < -0.3 is 14.1 Å². The highest BCUT2D eigenvalue weighted by atomic mass is 19.4. The molecule has 1 aliphatic heterocycles. The minimum atomic E-state index is -4.65. The predicted octanol–water partition coefficient (Wildman–Crippen LogP) is 2.71. The molecule has 0 bridgehead atoms. The van der Waals surface area contributed by atoms with Crippen LogP contribution in [-0.2, 0) is 22.3 Å². The first-order valence-corrected chi connectivity index (χ1v) is 9.36. The zero-order valence-electron chi connectivity index (χ0n) is 16.3. The average Bonchev–Trinajstić information content (AvgIpc) is 3.28. The number of hydrogen-bond donors (Lipinski definition) is 0. The lowest BCUT2D eigenvalue weighted by Crippen LogP contribution is -2.37. The van der Waals surface area contributed by atoms with E-state index in [1.807, 2.05) is 11.8 Å². The normalized spacial score (nSPS) is 15.7. The third kappa shape index (κ3) is 3.94. The van der Waals surface area contributed by atoms with Gasteiger partial charge in [0.1, 0.15) is 11.6 Å². The number of carbonyl (C=O) groups is 1. The molecule has 1 saturated heterocycles. The van der Waals surface area contributed by atoms with Crippen LogP contribution in [0.1, 0.15) is 36.0 Å². The Labute approximate surface area is 168 Å². The molecule has 0 N–H and O–H groups in total. The van der Waals surface area contributed by atoms with Crippen LogP contribution in [0.4, 0.5) is 19.0 Å². The topological polar surface area (TPSA) is 98.7 Å². The number of hydrogen-bond acceptors (Lipinski definition) is 8. The summed E-state index contributed by atoms with van der Waals surface area (Å²) < 4.78 is 50.5. The highest BCUT2D eigenvalue weighted by Gasteiger charge is 2.38. The Bertz CT molecular complexity index is 1050. The van der Waals surface area contributed by atoms with Crippen molar-refractivity contribution in [3.63, 3.8) is 0 Å². The smallest absolute Gasteiger partial charge is 0.453 e. The minimum Gasteiger partial charge on any atom is -0.455 e. The number of fused-ring (bicyclic) bond motifs is 1. The summed E-state index contributed by atoms with van der Waals surface area (Å²) in [5.74, 6) is -0.420. The van der Waals surface area contributed by atoms with Gasteiger partial charge in [0.25, 0.3) is 5.82 Å². The number of aryl methyl sites for hydroxylation is 2. The summed E-state index contributed by atoms with van der Waals surface area (Å²) in [6.07, 6.45) is -3.66. The maximum Gasteiger partial charge on any atom is 0.453 e. The molecular formula is C18H19F3N6O3. The van der Waals surface area contributed by atoms with Crippen LogP contribution in [0, 0.1) is 19.8 Å². The van der Waals surface area contributed by atoms with Crippen LogP contribution in [0.25, 0.3) is 5.65 Å². The molecule has 0 saturated carbocycles. The molecule has 3 aromatic rings. The van der Waals surface area contributed by atoms with Gasteiger partial charge in [-0.05, 0) is 38.8 Å². The number of rotatable bonds is 4. The third-order valence-corrected chi connectivity index (χ3v) is 5.07. The number of oxazole rings is 1. The molecule has 0 radical (unpaired) electrons. The maximum atomic E-state index is 13.0. The molecule has 9 nitrogen and oxygen atoms in total. The minimum absolute atomic E-state index is 0.0153. The summed E-state index contributed by atoms with van der Waals surface area (Å²) in [5.41, 5.74) is 0.766. The molecule has 4 heterocycles. The molecule has 0 aromatic carbocycles. The number of nitrogens with zero attached hydrogens (tertiary/aromatic N) is 6. The van der Waals surface area contributed by atoms with Gasteiger partial charge in [-0.1, -0.05) is 0 Å². The van der Waals surface area contributed by atoms with Crippen molar-refractivity contribution in [2.75, 3.05) is 18.0 Å². The molecule has 1 aliphatic rings. The van der Waals surface area contributed by atoms with Gasteiger partial charge in [0, 0.05) is 13.1 Å². The molecule has 0 amide bonds. The summed E-state index contributed by atoms with van der Waals surface area (Å²) in [4.78, 5) is 18.3. The Kier molecular flexibility index (Phi) is 5.08. The number of ether oxygens (including phenoxy) is 1. The second-order valence-electron chi connectivity index (χ2n) is 7.10. The van der Waals surface area contributed by atoms with E-state index < -0.39 is 12.0 Å². The highest BCUT2D eigenvalue weighted by Crippen LogP contribution is 2.29. The van der Waals surface area contributed by atoms with Crippen LogP contribution >= 0.6 is 0 Å². The molecule has 30 heavy (non-hydrogen) atoms. The van der Waals surface area contributed by atoms with Crippen LogP contribution in [0.2, 0.25) is 0 Å². The number of aromatic nitrogens is 5. The Morgan fingerprint density at radius 3 is 2.60 bits per heavy atom. The van der Waals surface area contributed by atoms with E-state index >= 15 is 0 Å². The van der Waals surface area contributed by atoms with Gasteiger partial charge in [-0.2, -0.15) is 17.7 Å². The van der Waals surface area contributed by atoms with Gasteiger partial charge in [0.2, 0.25) is 5.89 Å². The number of esters is 1. The Balaban J connectivity index is 1.37. The Morgan fingerprint density at radius 2 is 1.97 bits per heavy atom. The molecule has 12 heteroatoms. The quantitative estimate of drug-likeness (QED) is 0.590. The van der Waals surface area contributed by atoms with Crippen molar-refractivity contribution in [3.8, 4) is 0 Å². The molecule has 1 fully saturated rings. The standard InChI is InChI=1S/C18H19F3N6O3/c1-10-11(2)30-15(22-10)9-29-16(28)12-5-7-26(8-6-12)14-4-3-13-23-24-17(18(19,20)21)27(13)25-14/h3-4,12H,5-9H2,1-2H3.